The highest BCUT2D eigenvalue weighted by Crippen LogP contribution is 2.40. The predicted molar refractivity (Wildman–Crippen MR) is 124 cm³/mol. The van der Waals surface area contributed by atoms with Gasteiger partial charge in [-0.25, -0.2) is 0 Å². The Kier molecular flexibility index (Phi) is 8.38. The van der Waals surface area contributed by atoms with Gasteiger partial charge in [0.1, 0.15) is 17.2 Å². The minimum Gasteiger partial charge on any atom is -0.497 e. The Morgan fingerprint density at radius 1 is 0.906 bits per heavy atom. The number of aromatic nitrogens is 3. The molecule has 0 aliphatic heterocycles. The third-order valence-corrected chi connectivity index (χ3v) is 5.42. The highest BCUT2D eigenvalue weighted by molar-refractivity contribution is 7.98. The monoisotopic (exact) mass is 459 g/mol. The van der Waals surface area contributed by atoms with Crippen molar-refractivity contribution in [3.8, 4) is 34.3 Å². The first-order valence-electron chi connectivity index (χ1n) is 10.1. The van der Waals surface area contributed by atoms with E-state index < -0.39 is 0 Å². The Morgan fingerprint density at radius 3 is 2.12 bits per heavy atom. The smallest absolute Gasteiger partial charge is 0.195 e. The number of nitrogens with zero attached hydrogens (tertiary/aromatic N) is 3. The van der Waals surface area contributed by atoms with Gasteiger partial charge in [-0.05, 0) is 48.1 Å². The van der Waals surface area contributed by atoms with Crippen LogP contribution in [0.5, 0.6) is 17.2 Å². The molecule has 0 atom stereocenters. The van der Waals surface area contributed by atoms with Crippen LogP contribution in [-0.4, -0.2) is 55.9 Å². The molecule has 0 N–H and O–H groups in total. The molecule has 32 heavy (non-hydrogen) atoms. The third-order valence-electron chi connectivity index (χ3n) is 4.79. The Labute approximate surface area is 192 Å². The maximum absolute atomic E-state index is 5.92. The minimum atomic E-state index is 0.0871. The summed E-state index contributed by atoms with van der Waals surface area (Å²) in [5.41, 5.74) is 2.72. The summed E-state index contributed by atoms with van der Waals surface area (Å²) in [5, 5.41) is 9.67. The molecule has 1 aromatic heterocycles. The van der Waals surface area contributed by atoms with Gasteiger partial charge in [0, 0.05) is 20.3 Å². The van der Waals surface area contributed by atoms with Crippen molar-refractivity contribution >= 4 is 11.8 Å². The maximum atomic E-state index is 5.92. The Balaban J connectivity index is 2.20. The maximum Gasteiger partial charge on any atom is 0.195 e. The van der Waals surface area contributed by atoms with Crippen molar-refractivity contribution in [3.05, 3.63) is 42.0 Å². The fourth-order valence-electron chi connectivity index (χ4n) is 3.23. The van der Waals surface area contributed by atoms with Crippen molar-refractivity contribution in [3.63, 3.8) is 0 Å². The standard InChI is InChI=1S/C23H29N3O5S/c1-15(2)18-11-19(21(31-14-28-4)12-20(18)30-13-27-3)22-24-25-23(32-6)26(22)16-7-9-17(29-5)10-8-16/h7-12,15H,13-14H2,1-6H3. The zero-order valence-corrected chi connectivity index (χ0v) is 20.1. The first-order valence-corrected chi connectivity index (χ1v) is 11.3. The second-order valence-electron chi connectivity index (χ2n) is 7.19. The largest absolute Gasteiger partial charge is 0.497 e. The van der Waals surface area contributed by atoms with Crippen molar-refractivity contribution < 1.29 is 23.7 Å². The van der Waals surface area contributed by atoms with Crippen molar-refractivity contribution in [2.45, 2.75) is 24.9 Å². The summed E-state index contributed by atoms with van der Waals surface area (Å²) >= 11 is 1.52. The van der Waals surface area contributed by atoms with Crippen molar-refractivity contribution in [1.29, 1.82) is 0 Å². The lowest BCUT2D eigenvalue weighted by atomic mass is 9.98. The van der Waals surface area contributed by atoms with E-state index in [2.05, 4.69) is 24.0 Å². The number of benzene rings is 2. The van der Waals surface area contributed by atoms with E-state index in [0.29, 0.717) is 17.3 Å². The number of thioether (sulfide) groups is 1. The van der Waals surface area contributed by atoms with Gasteiger partial charge in [0.25, 0.3) is 0 Å². The van der Waals surface area contributed by atoms with Gasteiger partial charge in [-0.3, -0.25) is 4.57 Å². The van der Waals surface area contributed by atoms with E-state index in [1.807, 2.05) is 47.2 Å². The third kappa shape index (κ3) is 5.17. The van der Waals surface area contributed by atoms with Gasteiger partial charge in [0.15, 0.2) is 24.6 Å². The molecule has 0 saturated carbocycles. The summed E-state index contributed by atoms with van der Waals surface area (Å²) in [4.78, 5) is 0. The van der Waals surface area contributed by atoms with E-state index in [4.69, 9.17) is 23.7 Å². The molecule has 2 aromatic carbocycles. The van der Waals surface area contributed by atoms with Gasteiger partial charge in [0.05, 0.1) is 18.4 Å². The molecule has 1 heterocycles. The fraction of sp³-hybridized carbons (Fsp3) is 0.391. The van der Waals surface area contributed by atoms with Gasteiger partial charge in [-0.15, -0.1) is 10.2 Å². The van der Waals surface area contributed by atoms with Crippen LogP contribution in [0.25, 0.3) is 17.1 Å². The number of hydrogen-bond acceptors (Lipinski definition) is 8. The highest BCUT2D eigenvalue weighted by atomic mass is 32.2. The molecular formula is C23H29N3O5S. The van der Waals surface area contributed by atoms with E-state index in [1.165, 1.54) is 11.8 Å². The summed E-state index contributed by atoms with van der Waals surface area (Å²) in [7, 11) is 4.82. The van der Waals surface area contributed by atoms with Crippen LogP contribution in [0.3, 0.4) is 0 Å². The van der Waals surface area contributed by atoms with E-state index in [0.717, 1.165) is 27.7 Å². The van der Waals surface area contributed by atoms with Crippen LogP contribution >= 0.6 is 11.8 Å². The van der Waals surface area contributed by atoms with Crippen LogP contribution in [0.15, 0.2) is 41.6 Å². The zero-order valence-electron chi connectivity index (χ0n) is 19.2. The molecule has 0 saturated heterocycles. The summed E-state index contributed by atoms with van der Waals surface area (Å²) in [5.74, 6) is 2.91. The first kappa shape index (κ1) is 23.9. The van der Waals surface area contributed by atoms with Gasteiger partial charge >= 0.3 is 0 Å². The number of methoxy groups -OCH3 is 3. The molecule has 0 amide bonds. The normalized spacial score (nSPS) is 11.1. The molecule has 0 aliphatic rings. The lowest BCUT2D eigenvalue weighted by Crippen LogP contribution is -2.07. The molecule has 9 heteroatoms. The van der Waals surface area contributed by atoms with Gasteiger partial charge in [-0.1, -0.05) is 25.6 Å². The van der Waals surface area contributed by atoms with Crippen molar-refractivity contribution in [1.82, 2.24) is 14.8 Å². The van der Waals surface area contributed by atoms with Crippen LogP contribution in [0.2, 0.25) is 0 Å². The highest BCUT2D eigenvalue weighted by Gasteiger charge is 2.22. The number of rotatable bonds is 11. The molecule has 0 bridgehead atoms. The first-order chi connectivity index (χ1) is 15.5. The Bertz CT molecular complexity index is 1020. The molecule has 0 fully saturated rings. The molecule has 0 radical (unpaired) electrons. The molecule has 8 nitrogen and oxygen atoms in total. The SMILES string of the molecule is COCOc1cc(OCOC)c(C(C)C)cc1-c1nnc(SC)n1-c1ccc(OC)cc1. The van der Waals surface area contributed by atoms with Crippen LogP contribution in [0, 0.1) is 0 Å². The van der Waals surface area contributed by atoms with E-state index >= 15 is 0 Å². The lowest BCUT2D eigenvalue weighted by Gasteiger charge is -2.19. The van der Waals surface area contributed by atoms with E-state index in [1.54, 1.807) is 21.3 Å². The zero-order chi connectivity index (χ0) is 23.1. The molecule has 3 aromatic rings. The van der Waals surface area contributed by atoms with Crippen LogP contribution < -0.4 is 14.2 Å². The van der Waals surface area contributed by atoms with Crippen molar-refractivity contribution in [2.24, 2.45) is 0 Å². The van der Waals surface area contributed by atoms with Crippen LogP contribution in [0.1, 0.15) is 25.3 Å². The van der Waals surface area contributed by atoms with Gasteiger partial charge < -0.3 is 23.7 Å². The molecule has 0 aliphatic carbocycles. The quantitative estimate of drug-likeness (QED) is 0.300. The average Bonchev–Trinajstić information content (AvgIpc) is 3.24. The summed E-state index contributed by atoms with van der Waals surface area (Å²) < 4.78 is 29.3. The molecule has 172 valence electrons. The summed E-state index contributed by atoms with van der Waals surface area (Å²) in [6, 6.07) is 11.7. The number of hydrogen-bond donors (Lipinski definition) is 0. The minimum absolute atomic E-state index is 0.0871. The van der Waals surface area contributed by atoms with Gasteiger partial charge in [0.2, 0.25) is 0 Å². The Morgan fingerprint density at radius 2 is 1.56 bits per heavy atom. The van der Waals surface area contributed by atoms with E-state index in [-0.39, 0.29) is 19.5 Å². The molecular weight excluding hydrogens is 430 g/mol. The molecule has 0 unspecified atom stereocenters. The number of ether oxygens (including phenoxy) is 5. The van der Waals surface area contributed by atoms with Crippen LogP contribution in [-0.2, 0) is 9.47 Å². The predicted octanol–water partition coefficient (Wildman–Crippen LogP) is 4.75. The Hall–Kier alpha value is -2.75. The average molecular weight is 460 g/mol. The van der Waals surface area contributed by atoms with Gasteiger partial charge in [-0.2, -0.15) is 0 Å². The molecule has 3 rings (SSSR count). The second kappa shape index (κ2) is 11.2. The van der Waals surface area contributed by atoms with Crippen molar-refractivity contribution in [2.75, 3.05) is 41.2 Å². The summed E-state index contributed by atoms with van der Waals surface area (Å²) in [6.07, 6.45) is 1.97. The van der Waals surface area contributed by atoms with E-state index in [9.17, 15) is 0 Å². The fourth-order valence-corrected chi connectivity index (χ4v) is 3.73. The lowest BCUT2D eigenvalue weighted by molar-refractivity contribution is 0.0457. The second-order valence-corrected chi connectivity index (χ2v) is 7.96. The molecule has 0 spiro atoms. The topological polar surface area (TPSA) is 76.9 Å². The summed E-state index contributed by atoms with van der Waals surface area (Å²) in [6.45, 7) is 4.44. The van der Waals surface area contributed by atoms with Crippen LogP contribution in [0.4, 0.5) is 0 Å².